The van der Waals surface area contributed by atoms with Gasteiger partial charge in [-0.2, -0.15) is 8.42 Å². The molecular formula is C15H22O6S. The van der Waals surface area contributed by atoms with E-state index in [-0.39, 0.29) is 6.42 Å². The molecule has 22 heavy (non-hydrogen) atoms. The summed E-state index contributed by atoms with van der Waals surface area (Å²) in [7, 11) is -2.56. The Morgan fingerprint density at radius 1 is 1.23 bits per heavy atom. The highest BCUT2D eigenvalue weighted by Crippen LogP contribution is 2.16. The zero-order valence-corrected chi connectivity index (χ0v) is 13.9. The molecule has 0 aliphatic heterocycles. The Kier molecular flexibility index (Phi) is 7.34. The summed E-state index contributed by atoms with van der Waals surface area (Å²) in [5.41, 5.74) is 0.752. The molecule has 0 aliphatic rings. The molecule has 0 N–H and O–H groups in total. The molecule has 0 aliphatic carbocycles. The van der Waals surface area contributed by atoms with Gasteiger partial charge in [0.05, 0.1) is 20.0 Å². The third-order valence-electron chi connectivity index (χ3n) is 2.87. The van der Waals surface area contributed by atoms with Crippen LogP contribution in [-0.2, 0) is 30.3 Å². The molecule has 1 aromatic rings. The average Bonchev–Trinajstić information content (AvgIpc) is 2.46. The number of esters is 1. The summed E-state index contributed by atoms with van der Waals surface area (Å²) >= 11 is 0. The first-order valence-electron chi connectivity index (χ1n) is 7.03. The number of carbonyl (C=O) groups excluding carboxylic acids is 1. The number of methoxy groups -OCH3 is 1. The summed E-state index contributed by atoms with van der Waals surface area (Å²) in [6, 6.07) is 7.09. The summed E-state index contributed by atoms with van der Waals surface area (Å²) in [6.07, 6.45) is 1.85. The zero-order valence-electron chi connectivity index (χ0n) is 13.1. The molecule has 7 heteroatoms. The van der Waals surface area contributed by atoms with Crippen LogP contribution in [0.4, 0.5) is 0 Å². The van der Waals surface area contributed by atoms with Crippen LogP contribution in [0.15, 0.2) is 24.3 Å². The number of unbranched alkanes of at least 4 members (excludes halogenated alkanes) is 1. The number of ether oxygens (including phenoxy) is 2. The number of benzene rings is 1. The molecule has 1 aromatic carbocycles. The molecule has 1 rings (SSSR count). The van der Waals surface area contributed by atoms with Crippen molar-refractivity contribution in [2.75, 3.05) is 20.0 Å². The summed E-state index contributed by atoms with van der Waals surface area (Å²) in [5.74, 6) is 0.00421. The van der Waals surface area contributed by atoms with Crippen molar-refractivity contribution >= 4 is 16.1 Å². The van der Waals surface area contributed by atoms with E-state index in [2.05, 4.69) is 11.7 Å². The fourth-order valence-electron chi connectivity index (χ4n) is 1.77. The average molecular weight is 330 g/mol. The first-order chi connectivity index (χ1) is 10.4. The molecule has 1 unspecified atom stereocenters. The molecule has 0 heterocycles. The van der Waals surface area contributed by atoms with Crippen LogP contribution in [0.5, 0.6) is 5.75 Å². The molecule has 0 bridgehead atoms. The fraction of sp³-hybridized carbons (Fsp3) is 0.533. The monoisotopic (exact) mass is 330 g/mol. The van der Waals surface area contributed by atoms with Gasteiger partial charge in [0.2, 0.25) is 0 Å². The lowest BCUT2D eigenvalue weighted by molar-refractivity contribution is -0.148. The molecule has 0 fully saturated rings. The highest BCUT2D eigenvalue weighted by Gasteiger charge is 2.25. The van der Waals surface area contributed by atoms with Gasteiger partial charge in [0.1, 0.15) is 5.75 Å². The standard InChI is InChI=1S/C15H22O6S/c1-4-5-10-20-13-8-6-12(7-9-13)11-14(15(16)19-2)21-22(3,17)18/h6-9,14H,4-5,10-11H2,1-3H3. The first-order valence-corrected chi connectivity index (χ1v) is 8.85. The second-order valence-corrected chi connectivity index (χ2v) is 6.46. The van der Waals surface area contributed by atoms with E-state index in [0.29, 0.717) is 6.61 Å². The Labute approximate surface area is 131 Å². The molecule has 1 atom stereocenters. The molecule has 0 spiro atoms. The van der Waals surface area contributed by atoms with E-state index in [1.54, 1.807) is 24.3 Å². The lowest BCUT2D eigenvalue weighted by Gasteiger charge is -2.14. The minimum absolute atomic E-state index is 0.106. The van der Waals surface area contributed by atoms with Crippen LogP contribution >= 0.6 is 0 Å². The van der Waals surface area contributed by atoms with E-state index in [4.69, 9.17) is 8.92 Å². The van der Waals surface area contributed by atoms with Crippen LogP contribution in [0.25, 0.3) is 0 Å². The Balaban J connectivity index is 2.70. The quantitative estimate of drug-likeness (QED) is 0.391. The Bertz CT molecular complexity index is 564. The first kappa shape index (κ1) is 18.4. The second-order valence-electron chi connectivity index (χ2n) is 4.86. The highest BCUT2D eigenvalue weighted by atomic mass is 32.2. The maximum absolute atomic E-state index is 11.6. The summed E-state index contributed by atoms with van der Waals surface area (Å²) in [4.78, 5) is 11.6. The summed E-state index contributed by atoms with van der Waals surface area (Å²) in [5, 5.41) is 0. The van der Waals surface area contributed by atoms with Gasteiger partial charge in [-0.15, -0.1) is 0 Å². The van der Waals surface area contributed by atoms with Crippen molar-refractivity contribution in [2.24, 2.45) is 0 Å². The predicted molar refractivity (Wildman–Crippen MR) is 82.3 cm³/mol. The molecule has 0 saturated heterocycles. The van der Waals surface area contributed by atoms with Gasteiger partial charge in [-0.05, 0) is 24.1 Å². The summed E-state index contributed by atoms with van der Waals surface area (Å²) in [6.45, 7) is 2.74. The smallest absolute Gasteiger partial charge is 0.336 e. The van der Waals surface area contributed by atoms with Gasteiger partial charge in [-0.1, -0.05) is 25.5 Å². The zero-order chi connectivity index (χ0) is 16.6. The Morgan fingerprint density at radius 2 is 1.86 bits per heavy atom. The lowest BCUT2D eigenvalue weighted by atomic mass is 10.1. The van der Waals surface area contributed by atoms with Crippen molar-refractivity contribution in [2.45, 2.75) is 32.3 Å². The van der Waals surface area contributed by atoms with E-state index >= 15 is 0 Å². The SMILES string of the molecule is CCCCOc1ccc(CC(OS(C)(=O)=O)C(=O)OC)cc1. The van der Waals surface area contributed by atoms with Gasteiger partial charge in [0.25, 0.3) is 10.1 Å². The Hall–Kier alpha value is -1.60. The van der Waals surface area contributed by atoms with Crippen LogP contribution in [0.1, 0.15) is 25.3 Å². The third-order valence-corrected chi connectivity index (χ3v) is 3.45. The minimum Gasteiger partial charge on any atom is -0.494 e. The maximum Gasteiger partial charge on any atom is 0.336 e. The van der Waals surface area contributed by atoms with Gasteiger partial charge in [0, 0.05) is 6.42 Å². The van der Waals surface area contributed by atoms with E-state index in [1.165, 1.54) is 7.11 Å². The number of hydrogen-bond acceptors (Lipinski definition) is 6. The van der Waals surface area contributed by atoms with Crippen LogP contribution in [0, 0.1) is 0 Å². The largest absolute Gasteiger partial charge is 0.494 e. The molecule has 6 nitrogen and oxygen atoms in total. The number of rotatable bonds is 9. The van der Waals surface area contributed by atoms with Crippen molar-refractivity contribution in [3.8, 4) is 5.75 Å². The molecule has 0 saturated carbocycles. The normalized spacial score (nSPS) is 12.7. The van der Waals surface area contributed by atoms with E-state index in [9.17, 15) is 13.2 Å². The molecule has 0 aromatic heterocycles. The van der Waals surface area contributed by atoms with Gasteiger partial charge in [0.15, 0.2) is 6.10 Å². The number of hydrogen-bond donors (Lipinski definition) is 0. The lowest BCUT2D eigenvalue weighted by Crippen LogP contribution is -2.30. The number of carbonyl (C=O) groups is 1. The van der Waals surface area contributed by atoms with Gasteiger partial charge in [-0.3, -0.25) is 4.18 Å². The van der Waals surface area contributed by atoms with Gasteiger partial charge in [-0.25, -0.2) is 4.79 Å². The molecule has 0 radical (unpaired) electrons. The third kappa shape index (κ3) is 6.91. The van der Waals surface area contributed by atoms with E-state index < -0.39 is 22.2 Å². The predicted octanol–water partition coefficient (Wildman–Crippen LogP) is 1.93. The van der Waals surface area contributed by atoms with Gasteiger partial charge >= 0.3 is 5.97 Å². The molecular weight excluding hydrogens is 308 g/mol. The fourth-order valence-corrected chi connectivity index (χ4v) is 2.34. The van der Waals surface area contributed by atoms with E-state index in [0.717, 1.165) is 30.4 Å². The molecule has 0 amide bonds. The van der Waals surface area contributed by atoms with Crippen LogP contribution in [0.3, 0.4) is 0 Å². The van der Waals surface area contributed by atoms with Gasteiger partial charge < -0.3 is 9.47 Å². The van der Waals surface area contributed by atoms with Crippen molar-refractivity contribution in [1.29, 1.82) is 0 Å². The second kappa shape index (κ2) is 8.75. The molecule has 124 valence electrons. The Morgan fingerprint density at radius 3 is 2.36 bits per heavy atom. The summed E-state index contributed by atoms with van der Waals surface area (Å²) < 4.78 is 37.3. The van der Waals surface area contributed by atoms with Crippen molar-refractivity contribution in [3.63, 3.8) is 0 Å². The van der Waals surface area contributed by atoms with E-state index in [1.807, 2.05) is 0 Å². The maximum atomic E-state index is 11.6. The van der Waals surface area contributed by atoms with Crippen molar-refractivity contribution < 1.29 is 26.9 Å². The highest BCUT2D eigenvalue weighted by molar-refractivity contribution is 7.86. The topological polar surface area (TPSA) is 78.9 Å². The minimum atomic E-state index is -3.75. The van der Waals surface area contributed by atoms with Crippen LogP contribution in [-0.4, -0.2) is 40.5 Å². The van der Waals surface area contributed by atoms with Crippen LogP contribution in [0.2, 0.25) is 0 Å². The van der Waals surface area contributed by atoms with Crippen molar-refractivity contribution in [3.05, 3.63) is 29.8 Å². The van der Waals surface area contributed by atoms with Crippen molar-refractivity contribution in [1.82, 2.24) is 0 Å². The van der Waals surface area contributed by atoms with Crippen LogP contribution < -0.4 is 4.74 Å².